The zero-order chi connectivity index (χ0) is 19.3. The summed E-state index contributed by atoms with van der Waals surface area (Å²) in [4.78, 5) is 21.7. The van der Waals surface area contributed by atoms with E-state index in [-0.39, 0.29) is 27.7 Å². The first-order valence-corrected chi connectivity index (χ1v) is 9.06. The first-order chi connectivity index (χ1) is 12.2. The summed E-state index contributed by atoms with van der Waals surface area (Å²) in [5, 5.41) is 13.3. The Hall–Kier alpha value is -2.91. The molecule has 2 aromatic rings. The van der Waals surface area contributed by atoms with Gasteiger partial charge in [-0.25, -0.2) is 8.42 Å². The summed E-state index contributed by atoms with van der Waals surface area (Å²) in [7, 11) is -4.11. The molecule has 0 aromatic heterocycles. The Labute approximate surface area is 154 Å². The molecular formula is C16H14ClN3O5S. The van der Waals surface area contributed by atoms with Gasteiger partial charge in [0.25, 0.3) is 21.6 Å². The number of rotatable bonds is 7. The number of amides is 1. The van der Waals surface area contributed by atoms with Crippen LogP contribution < -0.4 is 10.0 Å². The molecule has 0 aliphatic rings. The Morgan fingerprint density at radius 1 is 1.27 bits per heavy atom. The maximum Gasteiger partial charge on any atom is 0.289 e. The normalized spacial score (nSPS) is 10.8. The number of sulfonamides is 1. The molecular weight excluding hydrogens is 382 g/mol. The van der Waals surface area contributed by atoms with Gasteiger partial charge in [0.2, 0.25) is 0 Å². The van der Waals surface area contributed by atoms with Crippen LogP contribution in [-0.2, 0) is 10.0 Å². The second-order valence-corrected chi connectivity index (χ2v) is 7.14. The number of benzene rings is 2. The lowest BCUT2D eigenvalue weighted by Crippen LogP contribution is -2.23. The van der Waals surface area contributed by atoms with E-state index in [0.717, 1.165) is 18.2 Å². The van der Waals surface area contributed by atoms with Crippen molar-refractivity contribution < 1.29 is 18.1 Å². The molecule has 136 valence electrons. The number of anilines is 1. The highest BCUT2D eigenvalue weighted by atomic mass is 35.5. The molecule has 0 heterocycles. The smallest absolute Gasteiger partial charge is 0.289 e. The third kappa shape index (κ3) is 4.58. The van der Waals surface area contributed by atoms with Crippen LogP contribution in [0.2, 0.25) is 5.02 Å². The van der Waals surface area contributed by atoms with Gasteiger partial charge >= 0.3 is 0 Å². The van der Waals surface area contributed by atoms with E-state index < -0.39 is 26.5 Å². The third-order valence-corrected chi connectivity index (χ3v) is 4.91. The topological polar surface area (TPSA) is 118 Å². The van der Waals surface area contributed by atoms with E-state index in [0.29, 0.717) is 0 Å². The lowest BCUT2D eigenvalue weighted by molar-refractivity contribution is -0.384. The minimum absolute atomic E-state index is 0.133. The monoisotopic (exact) mass is 395 g/mol. The van der Waals surface area contributed by atoms with E-state index in [1.807, 2.05) is 0 Å². The molecule has 0 saturated heterocycles. The van der Waals surface area contributed by atoms with Gasteiger partial charge in [0, 0.05) is 23.9 Å². The Morgan fingerprint density at radius 3 is 2.65 bits per heavy atom. The van der Waals surface area contributed by atoms with E-state index in [4.69, 9.17) is 11.6 Å². The summed E-state index contributed by atoms with van der Waals surface area (Å²) in [6.07, 6.45) is 1.51. The van der Waals surface area contributed by atoms with Gasteiger partial charge in [0.15, 0.2) is 0 Å². The molecule has 0 saturated carbocycles. The summed E-state index contributed by atoms with van der Waals surface area (Å²) in [5.41, 5.74) is -0.143. The maximum atomic E-state index is 12.5. The van der Waals surface area contributed by atoms with E-state index in [2.05, 4.69) is 16.6 Å². The highest BCUT2D eigenvalue weighted by Gasteiger charge is 2.21. The van der Waals surface area contributed by atoms with E-state index in [1.165, 1.54) is 30.3 Å². The van der Waals surface area contributed by atoms with Gasteiger partial charge in [-0.05, 0) is 30.3 Å². The molecule has 2 N–H and O–H groups in total. The van der Waals surface area contributed by atoms with Crippen molar-refractivity contribution in [3.05, 3.63) is 75.8 Å². The molecule has 2 rings (SSSR count). The molecule has 0 bridgehead atoms. The van der Waals surface area contributed by atoms with Crippen LogP contribution in [0.15, 0.2) is 60.0 Å². The number of carbonyl (C=O) groups is 1. The van der Waals surface area contributed by atoms with E-state index in [9.17, 15) is 23.3 Å². The minimum Gasteiger partial charge on any atom is -0.349 e. The lowest BCUT2D eigenvalue weighted by atomic mass is 10.2. The Kier molecular flexibility index (Phi) is 5.96. The van der Waals surface area contributed by atoms with Crippen LogP contribution >= 0.6 is 11.6 Å². The summed E-state index contributed by atoms with van der Waals surface area (Å²) >= 11 is 5.69. The summed E-state index contributed by atoms with van der Waals surface area (Å²) in [6.45, 7) is 3.75. The Morgan fingerprint density at radius 2 is 2.00 bits per heavy atom. The molecule has 0 aliphatic carbocycles. The Balaban J connectivity index is 2.30. The van der Waals surface area contributed by atoms with Gasteiger partial charge in [-0.3, -0.25) is 19.6 Å². The highest BCUT2D eigenvalue weighted by molar-refractivity contribution is 7.92. The predicted octanol–water partition coefficient (Wildman–Crippen LogP) is 2.96. The van der Waals surface area contributed by atoms with Crippen LogP contribution in [0.4, 0.5) is 11.4 Å². The standard InChI is InChI=1S/C16H14ClN3O5S/c1-2-8-18-16(21)11-4-3-5-12(9-11)19-26(24,25)13-6-7-14(17)15(10-13)20(22)23/h2-7,9-10,19H,1,8H2,(H,18,21). The SMILES string of the molecule is C=CCNC(=O)c1cccc(NS(=O)(=O)c2ccc(Cl)c([N+](=O)[O-])c2)c1. The molecule has 0 atom stereocenters. The van der Waals surface area contributed by atoms with Crippen molar-refractivity contribution in [3.8, 4) is 0 Å². The number of nitrogens with zero attached hydrogens (tertiary/aromatic N) is 1. The number of halogens is 1. The second-order valence-electron chi connectivity index (χ2n) is 5.06. The fourth-order valence-electron chi connectivity index (χ4n) is 2.00. The van der Waals surface area contributed by atoms with Gasteiger partial charge in [0.1, 0.15) is 5.02 Å². The number of carbonyl (C=O) groups excluding carboxylic acids is 1. The second kappa shape index (κ2) is 7.98. The van der Waals surface area contributed by atoms with Crippen molar-refractivity contribution in [1.29, 1.82) is 0 Å². The fraction of sp³-hybridized carbons (Fsp3) is 0.0625. The summed E-state index contributed by atoms with van der Waals surface area (Å²) in [6, 6.07) is 8.97. The van der Waals surface area contributed by atoms with Crippen LogP contribution in [-0.4, -0.2) is 25.8 Å². The molecule has 0 aliphatic heterocycles. The molecule has 26 heavy (non-hydrogen) atoms. The number of hydrogen-bond acceptors (Lipinski definition) is 5. The van der Waals surface area contributed by atoms with Crippen LogP contribution in [0, 0.1) is 10.1 Å². The van der Waals surface area contributed by atoms with E-state index >= 15 is 0 Å². The van der Waals surface area contributed by atoms with Gasteiger partial charge in [-0.15, -0.1) is 6.58 Å². The zero-order valence-corrected chi connectivity index (χ0v) is 14.9. The summed E-state index contributed by atoms with van der Waals surface area (Å²) in [5.74, 6) is -0.395. The zero-order valence-electron chi connectivity index (χ0n) is 13.3. The quantitative estimate of drug-likeness (QED) is 0.424. The summed E-state index contributed by atoms with van der Waals surface area (Å²) < 4.78 is 27.2. The average Bonchev–Trinajstić information content (AvgIpc) is 2.59. The van der Waals surface area contributed by atoms with Crippen molar-refractivity contribution in [3.63, 3.8) is 0 Å². The minimum atomic E-state index is -4.11. The van der Waals surface area contributed by atoms with Crippen molar-refractivity contribution in [2.24, 2.45) is 0 Å². The molecule has 8 nitrogen and oxygen atoms in total. The maximum absolute atomic E-state index is 12.5. The largest absolute Gasteiger partial charge is 0.349 e. The van der Waals surface area contributed by atoms with Crippen LogP contribution in [0.1, 0.15) is 10.4 Å². The molecule has 0 fully saturated rings. The van der Waals surface area contributed by atoms with Crippen LogP contribution in [0.25, 0.3) is 0 Å². The molecule has 10 heteroatoms. The molecule has 0 unspecified atom stereocenters. The highest BCUT2D eigenvalue weighted by Crippen LogP contribution is 2.28. The predicted molar refractivity (Wildman–Crippen MR) is 97.9 cm³/mol. The van der Waals surface area contributed by atoms with Gasteiger partial charge in [0.05, 0.1) is 9.82 Å². The number of nitro groups is 1. The van der Waals surface area contributed by atoms with Crippen molar-refractivity contribution in [1.82, 2.24) is 5.32 Å². The molecule has 0 radical (unpaired) electrons. The first kappa shape index (κ1) is 19.4. The van der Waals surface area contributed by atoms with Gasteiger partial charge in [-0.1, -0.05) is 23.7 Å². The fourth-order valence-corrected chi connectivity index (χ4v) is 3.26. The van der Waals surface area contributed by atoms with Crippen LogP contribution in [0.5, 0.6) is 0 Å². The average molecular weight is 396 g/mol. The first-order valence-electron chi connectivity index (χ1n) is 7.20. The van der Waals surface area contributed by atoms with Crippen molar-refractivity contribution in [2.75, 3.05) is 11.3 Å². The Bertz CT molecular complexity index is 976. The number of nitro benzene ring substituents is 1. The van der Waals surface area contributed by atoms with Crippen LogP contribution in [0.3, 0.4) is 0 Å². The third-order valence-electron chi connectivity index (χ3n) is 3.21. The van der Waals surface area contributed by atoms with Gasteiger partial charge < -0.3 is 5.32 Å². The number of hydrogen-bond donors (Lipinski definition) is 2. The van der Waals surface area contributed by atoms with Crippen molar-refractivity contribution in [2.45, 2.75) is 4.90 Å². The number of nitrogens with one attached hydrogen (secondary N) is 2. The van der Waals surface area contributed by atoms with E-state index in [1.54, 1.807) is 0 Å². The van der Waals surface area contributed by atoms with Crippen molar-refractivity contribution >= 4 is 38.9 Å². The lowest BCUT2D eigenvalue weighted by Gasteiger charge is -2.10. The molecule has 2 aromatic carbocycles. The van der Waals surface area contributed by atoms with Gasteiger partial charge in [-0.2, -0.15) is 0 Å². The molecule has 1 amide bonds. The molecule has 0 spiro atoms.